The molecule has 174 valence electrons. The zero-order valence-electron chi connectivity index (χ0n) is 18.6. The Bertz CT molecular complexity index is 1260. The number of rotatable bonds is 10. The standard InChI is InChI=1S/C26H26N4O4/c31-19(13-29-17-27-23-5-1-3-7-25(23)29)15-33-21-9-11-22(12-10-21)34-16-20(32)14-30-18-28-24-6-2-4-8-26(24)30/h1-12,17-20,31-32H,13-16H2. The lowest BCUT2D eigenvalue weighted by Crippen LogP contribution is -2.23. The Kier molecular flexibility index (Phi) is 6.42. The van der Waals surface area contributed by atoms with Gasteiger partial charge in [-0.1, -0.05) is 24.3 Å². The number of ether oxygens (including phenoxy) is 2. The maximum atomic E-state index is 10.4. The highest BCUT2D eigenvalue weighted by Gasteiger charge is 2.11. The van der Waals surface area contributed by atoms with Gasteiger partial charge in [0.1, 0.15) is 36.9 Å². The van der Waals surface area contributed by atoms with E-state index in [1.807, 2.05) is 57.7 Å². The largest absolute Gasteiger partial charge is 0.491 e. The first-order chi connectivity index (χ1) is 16.7. The minimum atomic E-state index is -0.678. The van der Waals surface area contributed by atoms with Gasteiger partial charge in [0.05, 0.1) is 47.8 Å². The molecule has 2 aromatic heterocycles. The molecule has 5 rings (SSSR count). The van der Waals surface area contributed by atoms with E-state index < -0.39 is 12.2 Å². The van der Waals surface area contributed by atoms with Crippen molar-refractivity contribution in [3.05, 3.63) is 85.5 Å². The van der Waals surface area contributed by atoms with Gasteiger partial charge in [-0.15, -0.1) is 0 Å². The topological polar surface area (TPSA) is 94.6 Å². The minimum absolute atomic E-state index is 0.157. The monoisotopic (exact) mass is 458 g/mol. The molecule has 8 nitrogen and oxygen atoms in total. The molecule has 2 unspecified atom stereocenters. The first-order valence-electron chi connectivity index (χ1n) is 11.2. The summed E-state index contributed by atoms with van der Waals surface area (Å²) in [6.07, 6.45) is 2.10. The van der Waals surface area contributed by atoms with Gasteiger partial charge in [0.2, 0.25) is 0 Å². The van der Waals surface area contributed by atoms with Crippen LogP contribution in [0.15, 0.2) is 85.5 Å². The lowest BCUT2D eigenvalue weighted by atomic mass is 10.3. The van der Waals surface area contributed by atoms with Crippen LogP contribution in [0.4, 0.5) is 0 Å². The van der Waals surface area contributed by atoms with Crippen LogP contribution in [0.5, 0.6) is 11.5 Å². The molecule has 3 aromatic carbocycles. The van der Waals surface area contributed by atoms with Crippen molar-refractivity contribution in [2.24, 2.45) is 0 Å². The molecule has 2 heterocycles. The third-order valence-electron chi connectivity index (χ3n) is 5.58. The van der Waals surface area contributed by atoms with E-state index in [2.05, 4.69) is 9.97 Å². The number of para-hydroxylation sites is 4. The molecule has 0 aliphatic heterocycles. The van der Waals surface area contributed by atoms with E-state index in [1.54, 1.807) is 36.9 Å². The Balaban J connectivity index is 1.08. The van der Waals surface area contributed by atoms with E-state index in [0.29, 0.717) is 24.6 Å². The van der Waals surface area contributed by atoms with Crippen LogP contribution in [0.25, 0.3) is 22.1 Å². The second-order valence-electron chi connectivity index (χ2n) is 8.17. The van der Waals surface area contributed by atoms with Crippen molar-refractivity contribution in [1.29, 1.82) is 0 Å². The normalized spacial score (nSPS) is 13.2. The van der Waals surface area contributed by atoms with Crippen molar-refractivity contribution >= 4 is 22.1 Å². The van der Waals surface area contributed by atoms with Gasteiger partial charge in [-0.2, -0.15) is 0 Å². The Labute approximate surface area is 196 Å². The highest BCUT2D eigenvalue weighted by atomic mass is 16.5. The van der Waals surface area contributed by atoms with Crippen LogP contribution < -0.4 is 9.47 Å². The highest BCUT2D eigenvalue weighted by Crippen LogP contribution is 2.19. The minimum Gasteiger partial charge on any atom is -0.491 e. The summed E-state index contributed by atoms with van der Waals surface area (Å²) in [4.78, 5) is 8.68. The van der Waals surface area contributed by atoms with Crippen LogP contribution in [0.3, 0.4) is 0 Å². The molecule has 8 heteroatoms. The van der Waals surface area contributed by atoms with Crippen molar-refractivity contribution in [3.8, 4) is 11.5 Å². The zero-order chi connectivity index (χ0) is 23.3. The highest BCUT2D eigenvalue weighted by molar-refractivity contribution is 5.75. The lowest BCUT2D eigenvalue weighted by molar-refractivity contribution is 0.0916. The number of benzene rings is 3. The third kappa shape index (κ3) is 5.03. The molecule has 0 saturated heterocycles. The Hall–Kier alpha value is -3.88. The third-order valence-corrected chi connectivity index (χ3v) is 5.58. The zero-order valence-corrected chi connectivity index (χ0v) is 18.6. The summed E-state index contributed by atoms with van der Waals surface area (Å²) >= 11 is 0. The molecule has 0 bridgehead atoms. The molecular formula is C26H26N4O4. The number of hydrogen-bond donors (Lipinski definition) is 2. The first kappa shape index (κ1) is 21.9. The summed E-state index contributed by atoms with van der Waals surface area (Å²) in [7, 11) is 0. The molecule has 0 amide bonds. The summed E-state index contributed by atoms with van der Waals surface area (Å²) in [5.74, 6) is 1.26. The molecule has 0 fully saturated rings. The smallest absolute Gasteiger partial charge is 0.119 e. The van der Waals surface area contributed by atoms with Crippen molar-refractivity contribution in [2.75, 3.05) is 13.2 Å². The quantitative estimate of drug-likeness (QED) is 0.334. The van der Waals surface area contributed by atoms with Gasteiger partial charge in [-0.05, 0) is 48.5 Å². The van der Waals surface area contributed by atoms with Gasteiger partial charge in [0.15, 0.2) is 0 Å². The summed E-state index contributed by atoms with van der Waals surface area (Å²) in [5.41, 5.74) is 3.75. The van der Waals surface area contributed by atoms with Crippen LogP contribution in [-0.2, 0) is 13.1 Å². The van der Waals surface area contributed by atoms with E-state index in [4.69, 9.17) is 9.47 Å². The fourth-order valence-corrected chi connectivity index (χ4v) is 3.89. The number of aliphatic hydroxyl groups is 2. The van der Waals surface area contributed by atoms with E-state index in [0.717, 1.165) is 22.1 Å². The molecule has 0 radical (unpaired) electrons. The number of nitrogens with zero attached hydrogens (tertiary/aromatic N) is 4. The predicted molar refractivity (Wildman–Crippen MR) is 129 cm³/mol. The van der Waals surface area contributed by atoms with E-state index in [9.17, 15) is 10.2 Å². The molecule has 2 atom stereocenters. The Morgan fingerprint density at radius 1 is 0.618 bits per heavy atom. The van der Waals surface area contributed by atoms with Crippen LogP contribution in [-0.4, -0.2) is 54.7 Å². The van der Waals surface area contributed by atoms with Gasteiger partial charge >= 0.3 is 0 Å². The molecular weight excluding hydrogens is 432 g/mol. The fourth-order valence-electron chi connectivity index (χ4n) is 3.89. The predicted octanol–water partition coefficient (Wildman–Crippen LogP) is 3.27. The van der Waals surface area contributed by atoms with Crippen molar-refractivity contribution in [2.45, 2.75) is 25.3 Å². The maximum Gasteiger partial charge on any atom is 0.119 e. The SMILES string of the molecule is OC(COc1ccc(OCC(O)Cn2cnc3ccccc32)cc1)Cn1cnc2ccccc21. The summed E-state index contributed by atoms with van der Waals surface area (Å²) < 4.78 is 15.3. The van der Waals surface area contributed by atoms with E-state index >= 15 is 0 Å². The fraction of sp³-hybridized carbons (Fsp3) is 0.231. The van der Waals surface area contributed by atoms with Crippen LogP contribution in [0.1, 0.15) is 0 Å². The number of imidazole rings is 2. The number of aromatic nitrogens is 4. The number of aliphatic hydroxyl groups excluding tert-OH is 2. The summed E-state index contributed by atoms with van der Waals surface area (Å²) in [6.45, 7) is 1.10. The van der Waals surface area contributed by atoms with Crippen LogP contribution in [0, 0.1) is 0 Å². The molecule has 2 N–H and O–H groups in total. The van der Waals surface area contributed by atoms with Crippen molar-refractivity contribution in [1.82, 2.24) is 19.1 Å². The van der Waals surface area contributed by atoms with E-state index in [1.165, 1.54) is 0 Å². The molecule has 5 aromatic rings. The van der Waals surface area contributed by atoms with Gasteiger partial charge in [-0.3, -0.25) is 0 Å². The van der Waals surface area contributed by atoms with Gasteiger partial charge in [0, 0.05) is 0 Å². The number of hydrogen-bond acceptors (Lipinski definition) is 6. The molecule has 0 aliphatic rings. The Morgan fingerprint density at radius 2 is 1.03 bits per heavy atom. The summed E-state index contributed by atoms with van der Waals surface area (Å²) in [6, 6.07) is 22.7. The summed E-state index contributed by atoms with van der Waals surface area (Å²) in [5, 5.41) is 20.8. The van der Waals surface area contributed by atoms with Crippen molar-refractivity contribution in [3.63, 3.8) is 0 Å². The lowest BCUT2D eigenvalue weighted by Gasteiger charge is -2.15. The molecule has 0 spiro atoms. The van der Waals surface area contributed by atoms with Crippen molar-refractivity contribution < 1.29 is 19.7 Å². The van der Waals surface area contributed by atoms with Crippen LogP contribution in [0.2, 0.25) is 0 Å². The first-order valence-corrected chi connectivity index (χ1v) is 11.2. The van der Waals surface area contributed by atoms with Gasteiger partial charge in [-0.25, -0.2) is 9.97 Å². The Morgan fingerprint density at radius 3 is 1.47 bits per heavy atom. The second kappa shape index (κ2) is 9.94. The number of fused-ring (bicyclic) bond motifs is 2. The maximum absolute atomic E-state index is 10.4. The van der Waals surface area contributed by atoms with Gasteiger partial charge in [0.25, 0.3) is 0 Å². The second-order valence-corrected chi connectivity index (χ2v) is 8.17. The molecule has 0 aliphatic carbocycles. The molecule has 34 heavy (non-hydrogen) atoms. The molecule has 0 saturated carbocycles. The van der Waals surface area contributed by atoms with Gasteiger partial charge < -0.3 is 28.8 Å². The average molecular weight is 459 g/mol. The average Bonchev–Trinajstić information content (AvgIpc) is 3.46. The van der Waals surface area contributed by atoms with E-state index in [-0.39, 0.29) is 13.2 Å². The van der Waals surface area contributed by atoms with Crippen LogP contribution >= 0.6 is 0 Å².